The Morgan fingerprint density at radius 1 is 1.25 bits per heavy atom. The molecule has 7 N–H and O–H groups in total. The van der Waals surface area contributed by atoms with Crippen LogP contribution in [-0.4, -0.2) is 16.1 Å². The van der Waals surface area contributed by atoms with Gasteiger partial charge in [0.05, 0.1) is 6.04 Å². The van der Waals surface area contributed by atoms with Gasteiger partial charge in [0.1, 0.15) is 5.82 Å². The van der Waals surface area contributed by atoms with Crippen LogP contribution in [0, 0.1) is 0 Å². The first-order valence-corrected chi connectivity index (χ1v) is 6.50. The predicted octanol–water partition coefficient (Wildman–Crippen LogP) is 1.77. The van der Waals surface area contributed by atoms with Crippen molar-refractivity contribution in [3.63, 3.8) is 0 Å². The molecule has 7 heteroatoms. The third-order valence-electron chi connectivity index (χ3n) is 2.55. The Morgan fingerprint density at radius 2 is 1.70 bits per heavy atom. The number of halogens is 1. The summed E-state index contributed by atoms with van der Waals surface area (Å²) < 4.78 is 0. The number of carboxylic acid groups (broad SMARTS) is 1. The van der Waals surface area contributed by atoms with Crippen molar-refractivity contribution < 1.29 is 9.90 Å². The summed E-state index contributed by atoms with van der Waals surface area (Å²) >= 11 is 5.77. The van der Waals surface area contributed by atoms with Crippen molar-refractivity contribution in [2.45, 2.75) is 26.8 Å². The highest BCUT2D eigenvalue weighted by Gasteiger charge is 2.18. The lowest BCUT2D eigenvalue weighted by atomic mass is 10.1. The van der Waals surface area contributed by atoms with Gasteiger partial charge in [-0.2, -0.15) is 0 Å². The van der Waals surface area contributed by atoms with E-state index < -0.39 is 11.7 Å². The molecule has 0 aromatic heterocycles. The molecule has 0 saturated carbocycles. The van der Waals surface area contributed by atoms with Crippen molar-refractivity contribution >= 4 is 17.6 Å². The maximum Gasteiger partial charge on any atom is 0.355 e. The molecule has 1 rings (SSSR count). The van der Waals surface area contributed by atoms with Crippen LogP contribution in [0.4, 0.5) is 0 Å². The molecule has 20 heavy (non-hydrogen) atoms. The van der Waals surface area contributed by atoms with Crippen LogP contribution in [0.5, 0.6) is 0 Å². The fourth-order valence-electron chi connectivity index (χ4n) is 1.36. The minimum atomic E-state index is -1.31. The molecule has 0 bridgehead atoms. The molecule has 112 valence electrons. The molecule has 0 aliphatic rings. The molecule has 0 aliphatic carbocycles. The molecule has 0 aliphatic heterocycles. The second kappa shape index (κ2) is 8.29. The van der Waals surface area contributed by atoms with Crippen molar-refractivity contribution in [2.75, 3.05) is 0 Å². The lowest BCUT2D eigenvalue weighted by Gasteiger charge is -2.27. The summed E-state index contributed by atoms with van der Waals surface area (Å²) in [5.74, 6) is 4.24. The summed E-state index contributed by atoms with van der Waals surface area (Å²) in [5, 5.41) is 10.4. The first kappa shape index (κ1) is 18.1. The van der Waals surface area contributed by atoms with Crippen LogP contribution in [0.3, 0.4) is 0 Å². The molecule has 6 nitrogen and oxygen atoms in total. The lowest BCUT2D eigenvalue weighted by Crippen LogP contribution is -2.39. The summed E-state index contributed by atoms with van der Waals surface area (Å²) in [7, 11) is 0. The van der Waals surface area contributed by atoms with E-state index in [-0.39, 0.29) is 11.9 Å². The van der Waals surface area contributed by atoms with E-state index >= 15 is 0 Å². The van der Waals surface area contributed by atoms with E-state index in [1.54, 1.807) is 31.2 Å². The van der Waals surface area contributed by atoms with E-state index in [1.165, 1.54) is 0 Å². The van der Waals surface area contributed by atoms with Crippen LogP contribution in [0.15, 0.2) is 35.8 Å². The largest absolute Gasteiger partial charge is 0.476 e. The minimum absolute atomic E-state index is 0.190. The summed E-state index contributed by atoms with van der Waals surface area (Å²) in [5.41, 5.74) is 11.2. The highest BCUT2D eigenvalue weighted by molar-refractivity contribution is 6.30. The highest BCUT2D eigenvalue weighted by Crippen LogP contribution is 2.21. The lowest BCUT2D eigenvalue weighted by molar-refractivity contribution is -0.132. The van der Waals surface area contributed by atoms with Crippen molar-refractivity contribution in [2.24, 2.45) is 17.3 Å². The number of hydrogen-bond acceptors (Lipinski definition) is 5. The van der Waals surface area contributed by atoms with Gasteiger partial charge in [0, 0.05) is 5.02 Å². The zero-order valence-electron chi connectivity index (χ0n) is 11.8. The van der Waals surface area contributed by atoms with Crippen LogP contribution in [0.25, 0.3) is 0 Å². The maximum absolute atomic E-state index is 10.7. The van der Waals surface area contributed by atoms with Crippen LogP contribution in [-0.2, 0) is 4.79 Å². The molecule has 1 atom stereocenters. The number of carboxylic acids is 1. The quantitative estimate of drug-likeness (QED) is 0.382. The van der Waals surface area contributed by atoms with Gasteiger partial charge < -0.3 is 16.6 Å². The number of nitrogens with zero attached hydrogens (tertiary/aromatic N) is 1. The minimum Gasteiger partial charge on any atom is -0.476 e. The summed E-state index contributed by atoms with van der Waals surface area (Å²) in [6.45, 7) is 5.77. The summed E-state index contributed by atoms with van der Waals surface area (Å²) in [4.78, 5) is 10.7. The molecular weight excluding hydrogens is 280 g/mol. The predicted molar refractivity (Wildman–Crippen MR) is 80.3 cm³/mol. The molecule has 0 heterocycles. The number of hydrazine groups is 1. The van der Waals surface area contributed by atoms with E-state index in [4.69, 9.17) is 34.0 Å². The average molecular weight is 301 g/mol. The van der Waals surface area contributed by atoms with Crippen LogP contribution < -0.4 is 17.3 Å². The van der Waals surface area contributed by atoms with Gasteiger partial charge in [0.25, 0.3) is 0 Å². The molecule has 0 spiro atoms. The third-order valence-corrected chi connectivity index (χ3v) is 2.81. The summed E-state index contributed by atoms with van der Waals surface area (Å²) in [6, 6.07) is 6.64. The van der Waals surface area contributed by atoms with Crippen LogP contribution in [0.2, 0.25) is 5.02 Å². The van der Waals surface area contributed by atoms with Crippen LogP contribution in [0.1, 0.15) is 32.4 Å². The topological polar surface area (TPSA) is 119 Å². The van der Waals surface area contributed by atoms with Crippen molar-refractivity contribution in [3.8, 4) is 0 Å². The maximum atomic E-state index is 10.7. The number of benzene rings is 1. The smallest absolute Gasteiger partial charge is 0.355 e. The van der Waals surface area contributed by atoms with Gasteiger partial charge in [-0.1, -0.05) is 37.6 Å². The van der Waals surface area contributed by atoms with Gasteiger partial charge in [-0.3, -0.25) is 5.01 Å². The first-order chi connectivity index (χ1) is 9.34. The molecule has 0 fully saturated rings. The third kappa shape index (κ3) is 4.64. The standard InChI is InChI=1S/C11H15ClN4O2.C2H6/c1-6(7-2-4-8(12)5-3-7)16(15)10(14)9(13)11(17)18;1-2/h2-6H,13-15H2,1H3,(H,17,18);1-2H3/b10-9-;. The van der Waals surface area contributed by atoms with E-state index in [0.29, 0.717) is 5.02 Å². The van der Waals surface area contributed by atoms with E-state index in [9.17, 15) is 4.79 Å². The number of carbonyl (C=O) groups is 1. The Bertz CT molecular complexity index is 474. The van der Waals surface area contributed by atoms with Gasteiger partial charge >= 0.3 is 5.97 Å². The van der Waals surface area contributed by atoms with Crippen molar-refractivity contribution in [1.82, 2.24) is 5.01 Å². The van der Waals surface area contributed by atoms with Gasteiger partial charge in [-0.25, -0.2) is 10.6 Å². The normalized spacial score (nSPS) is 12.7. The monoisotopic (exact) mass is 300 g/mol. The Labute approximate surface area is 123 Å². The van der Waals surface area contributed by atoms with Crippen LogP contribution >= 0.6 is 11.6 Å². The van der Waals surface area contributed by atoms with E-state index in [0.717, 1.165) is 10.6 Å². The molecule has 0 radical (unpaired) electrons. The fourth-order valence-corrected chi connectivity index (χ4v) is 1.49. The average Bonchev–Trinajstić information content (AvgIpc) is 2.47. The van der Waals surface area contributed by atoms with Gasteiger partial charge in [-0.05, 0) is 24.6 Å². The zero-order chi connectivity index (χ0) is 15.9. The molecule has 1 aromatic carbocycles. The molecular formula is C13H21ClN4O2. The number of rotatable bonds is 4. The van der Waals surface area contributed by atoms with E-state index in [2.05, 4.69) is 0 Å². The number of hydrogen-bond donors (Lipinski definition) is 4. The second-order valence-corrected chi connectivity index (χ2v) is 4.18. The van der Waals surface area contributed by atoms with Gasteiger partial charge in [0.2, 0.25) is 0 Å². The van der Waals surface area contributed by atoms with Gasteiger partial charge in [0.15, 0.2) is 5.70 Å². The second-order valence-electron chi connectivity index (χ2n) is 3.74. The van der Waals surface area contributed by atoms with E-state index in [1.807, 2.05) is 13.8 Å². The van der Waals surface area contributed by atoms with Crippen molar-refractivity contribution in [1.29, 1.82) is 0 Å². The molecule has 1 aromatic rings. The Kier molecular flexibility index (Phi) is 7.49. The molecule has 0 amide bonds. The Morgan fingerprint density at radius 3 is 2.10 bits per heavy atom. The van der Waals surface area contributed by atoms with Crippen molar-refractivity contribution in [3.05, 3.63) is 46.4 Å². The molecule has 0 saturated heterocycles. The first-order valence-electron chi connectivity index (χ1n) is 6.12. The SMILES string of the molecule is CC.CC(c1ccc(Cl)cc1)N(N)/C(N)=C(\N)C(=O)O. The molecule has 1 unspecified atom stereocenters. The number of aliphatic carboxylic acids is 1. The summed E-state index contributed by atoms with van der Waals surface area (Å²) in [6.07, 6.45) is 0. The highest BCUT2D eigenvalue weighted by atomic mass is 35.5. The Balaban J connectivity index is 0.00000172. The number of nitrogens with two attached hydrogens (primary N) is 3. The Hall–Kier alpha value is -1.92. The fraction of sp³-hybridized carbons (Fsp3) is 0.308. The van der Waals surface area contributed by atoms with Gasteiger partial charge in [-0.15, -0.1) is 0 Å². The zero-order valence-corrected chi connectivity index (χ0v) is 12.6.